The molecule has 9 nitrogen and oxygen atoms in total. The Morgan fingerprint density at radius 3 is 2.54 bits per heavy atom. The first-order valence-corrected chi connectivity index (χ1v) is 13.2. The van der Waals surface area contributed by atoms with Gasteiger partial charge >= 0.3 is 0 Å². The number of nitrogens with zero attached hydrogens (tertiary/aromatic N) is 4. The smallest absolute Gasteiger partial charge is 0.229 e. The molecule has 9 heteroatoms. The lowest BCUT2D eigenvalue weighted by atomic mass is 9.98. The molecule has 3 fully saturated rings. The monoisotopic (exact) mass is 520 g/mol. The van der Waals surface area contributed by atoms with Gasteiger partial charge in [0.1, 0.15) is 6.10 Å². The molecular weight excluding hydrogens is 492 g/mol. The molecule has 0 bridgehead atoms. The molecule has 2 heterocycles. The number of nitrogens with one attached hydrogen (secondary N) is 2. The minimum absolute atomic E-state index is 0.203. The van der Waals surface area contributed by atoms with Crippen molar-refractivity contribution in [1.82, 2.24) is 24.8 Å². The Balaban J connectivity index is 1.28. The summed E-state index contributed by atoms with van der Waals surface area (Å²) in [7, 11) is 1.55. The third-order valence-electron chi connectivity index (χ3n) is 8.50. The highest BCUT2D eigenvalue weighted by atomic mass is 16.3. The Hall–Kier alpha value is -4.26. The fourth-order valence-corrected chi connectivity index (χ4v) is 6.33. The molecule has 7 rings (SSSR count). The maximum Gasteiger partial charge on any atom is 0.229 e. The molecule has 196 valence electrons. The summed E-state index contributed by atoms with van der Waals surface area (Å²) in [4.78, 5) is 26.8. The van der Waals surface area contributed by atoms with E-state index in [0.29, 0.717) is 35.1 Å². The van der Waals surface area contributed by atoms with Crippen molar-refractivity contribution in [3.63, 3.8) is 0 Å². The van der Waals surface area contributed by atoms with Crippen LogP contribution in [0.15, 0.2) is 67.0 Å². The number of hydrogen-bond acceptors (Lipinski definition) is 7. The normalized spacial score (nSPS) is 30.2. The van der Waals surface area contributed by atoms with Gasteiger partial charge in [0, 0.05) is 30.5 Å². The van der Waals surface area contributed by atoms with Crippen LogP contribution < -0.4 is 10.6 Å². The van der Waals surface area contributed by atoms with Crippen molar-refractivity contribution >= 4 is 22.9 Å². The number of amides is 1. The van der Waals surface area contributed by atoms with Gasteiger partial charge in [0.05, 0.1) is 23.9 Å². The molecule has 0 spiro atoms. The molecule has 7 atom stereocenters. The molecule has 3 unspecified atom stereocenters. The standard InChI is InChI=1S/C30H28N6O3/c1-31-29(39)30-15-20(30)24(25(37)26(30)38)36-16-32-23-27(33-21-14-19(21)18-10-6-3-7-11-18)34-22(35-28(23)36)13-12-17-8-4-2-5-9-17/h2-11,16,19-21,24-26,37-38H,14-15H2,1H3,(H,31,39)(H,33,34,35)/t19?,20?,21-,24-,25?,26+,30-/m1/s1. The van der Waals surface area contributed by atoms with Gasteiger partial charge < -0.3 is 25.4 Å². The first kappa shape index (κ1) is 23.8. The Morgan fingerprint density at radius 2 is 1.79 bits per heavy atom. The second-order valence-corrected chi connectivity index (χ2v) is 10.7. The zero-order valence-electron chi connectivity index (χ0n) is 21.3. The summed E-state index contributed by atoms with van der Waals surface area (Å²) in [6.07, 6.45) is 0.798. The van der Waals surface area contributed by atoms with E-state index in [4.69, 9.17) is 9.97 Å². The average molecular weight is 521 g/mol. The number of aromatic nitrogens is 4. The molecule has 4 N–H and O–H groups in total. The van der Waals surface area contributed by atoms with Crippen LogP contribution in [0.2, 0.25) is 0 Å². The Kier molecular flexibility index (Phi) is 5.44. The molecule has 2 aromatic carbocycles. The van der Waals surface area contributed by atoms with Crippen LogP contribution in [-0.2, 0) is 4.79 Å². The van der Waals surface area contributed by atoms with E-state index in [9.17, 15) is 15.0 Å². The van der Waals surface area contributed by atoms with Crippen LogP contribution in [-0.4, -0.2) is 60.9 Å². The number of carbonyl (C=O) groups is 1. The number of imidazole rings is 1. The van der Waals surface area contributed by atoms with Crippen LogP contribution in [0.4, 0.5) is 5.82 Å². The zero-order chi connectivity index (χ0) is 26.7. The van der Waals surface area contributed by atoms with Crippen LogP contribution >= 0.6 is 0 Å². The lowest BCUT2D eigenvalue weighted by Crippen LogP contribution is -2.41. The molecule has 4 aromatic rings. The summed E-state index contributed by atoms with van der Waals surface area (Å²) in [6, 6.07) is 19.7. The van der Waals surface area contributed by atoms with Crippen molar-refractivity contribution in [2.75, 3.05) is 12.4 Å². The number of benzene rings is 2. The van der Waals surface area contributed by atoms with E-state index in [-0.39, 0.29) is 17.9 Å². The third-order valence-corrected chi connectivity index (χ3v) is 8.50. The molecule has 39 heavy (non-hydrogen) atoms. The van der Waals surface area contributed by atoms with Gasteiger partial charge in [-0.3, -0.25) is 4.79 Å². The van der Waals surface area contributed by atoms with Crippen LogP contribution in [0.1, 0.15) is 41.8 Å². The second-order valence-electron chi connectivity index (χ2n) is 10.7. The fourth-order valence-electron chi connectivity index (χ4n) is 6.33. The summed E-state index contributed by atoms with van der Waals surface area (Å²) in [5.41, 5.74) is 2.21. The van der Waals surface area contributed by atoms with Crippen molar-refractivity contribution in [2.45, 2.75) is 43.1 Å². The van der Waals surface area contributed by atoms with Crippen molar-refractivity contribution in [2.24, 2.45) is 11.3 Å². The van der Waals surface area contributed by atoms with Crippen LogP contribution in [0.25, 0.3) is 11.2 Å². The maximum atomic E-state index is 12.7. The van der Waals surface area contributed by atoms with E-state index in [2.05, 4.69) is 39.6 Å². The minimum Gasteiger partial charge on any atom is -0.389 e. The maximum absolute atomic E-state index is 12.7. The summed E-state index contributed by atoms with van der Waals surface area (Å²) in [5, 5.41) is 28.1. The first-order chi connectivity index (χ1) is 19.0. The van der Waals surface area contributed by atoms with E-state index in [1.807, 2.05) is 48.5 Å². The third kappa shape index (κ3) is 3.79. The number of aliphatic hydroxyl groups excluding tert-OH is 2. The SMILES string of the molecule is CNC(=O)[C@]12CC1[C@@H](n1cnc3c(N[C@@H]4CC4c4ccccc4)nc(C#Cc4ccccc4)nc31)C(O)[C@@H]2O. The van der Waals surface area contributed by atoms with Crippen LogP contribution in [0.3, 0.4) is 0 Å². The van der Waals surface area contributed by atoms with E-state index in [0.717, 1.165) is 12.0 Å². The van der Waals surface area contributed by atoms with Crippen LogP contribution in [0.5, 0.6) is 0 Å². The Morgan fingerprint density at radius 1 is 1.05 bits per heavy atom. The molecule has 3 saturated carbocycles. The van der Waals surface area contributed by atoms with Gasteiger partial charge in [-0.15, -0.1) is 0 Å². The topological polar surface area (TPSA) is 125 Å². The summed E-state index contributed by atoms with van der Waals surface area (Å²) < 4.78 is 1.79. The number of fused-ring (bicyclic) bond motifs is 2. The number of anilines is 1. The largest absolute Gasteiger partial charge is 0.389 e. The highest BCUT2D eigenvalue weighted by Gasteiger charge is 2.75. The number of carbonyl (C=O) groups excluding carboxylic acids is 1. The highest BCUT2D eigenvalue weighted by Crippen LogP contribution is 2.67. The summed E-state index contributed by atoms with van der Waals surface area (Å²) in [6.45, 7) is 0. The van der Waals surface area contributed by atoms with Gasteiger partial charge in [-0.2, -0.15) is 0 Å². The van der Waals surface area contributed by atoms with Crippen molar-refractivity contribution in [1.29, 1.82) is 0 Å². The average Bonchev–Trinajstić information content (AvgIpc) is 3.85. The molecule has 1 amide bonds. The number of rotatable bonds is 5. The predicted octanol–water partition coefficient (Wildman–Crippen LogP) is 2.22. The van der Waals surface area contributed by atoms with Crippen molar-refractivity contribution in [3.05, 3.63) is 83.9 Å². The van der Waals surface area contributed by atoms with Gasteiger partial charge in [0.25, 0.3) is 0 Å². The van der Waals surface area contributed by atoms with Crippen molar-refractivity contribution in [3.8, 4) is 11.8 Å². The quantitative estimate of drug-likeness (QED) is 0.298. The van der Waals surface area contributed by atoms with E-state index < -0.39 is 23.7 Å². The fraction of sp³-hybridized carbons (Fsp3) is 0.333. The molecule has 2 aromatic heterocycles. The summed E-state index contributed by atoms with van der Waals surface area (Å²) in [5.74, 6) is 7.02. The minimum atomic E-state index is -1.17. The molecule has 3 aliphatic rings. The molecular formula is C30H28N6O3. The molecule has 0 radical (unpaired) electrons. The Bertz CT molecular complexity index is 1630. The Labute approximate surface area is 225 Å². The van der Waals surface area contributed by atoms with Gasteiger partial charge in [0.15, 0.2) is 17.0 Å². The highest BCUT2D eigenvalue weighted by molar-refractivity contribution is 5.88. The zero-order valence-corrected chi connectivity index (χ0v) is 21.3. The second kappa shape index (κ2) is 8.90. The summed E-state index contributed by atoms with van der Waals surface area (Å²) >= 11 is 0. The van der Waals surface area contributed by atoms with Crippen molar-refractivity contribution < 1.29 is 15.0 Å². The van der Waals surface area contributed by atoms with Gasteiger partial charge in [-0.25, -0.2) is 15.0 Å². The molecule has 0 aliphatic heterocycles. The molecule has 0 saturated heterocycles. The van der Waals surface area contributed by atoms with E-state index >= 15 is 0 Å². The molecule has 3 aliphatic carbocycles. The first-order valence-electron chi connectivity index (χ1n) is 13.2. The lowest BCUT2D eigenvalue weighted by Gasteiger charge is -2.23. The van der Waals surface area contributed by atoms with E-state index in [1.54, 1.807) is 17.9 Å². The lowest BCUT2D eigenvalue weighted by molar-refractivity contribution is -0.132. The predicted molar refractivity (Wildman–Crippen MR) is 145 cm³/mol. The van der Waals surface area contributed by atoms with Gasteiger partial charge in [0.2, 0.25) is 11.7 Å². The van der Waals surface area contributed by atoms with E-state index in [1.165, 1.54) is 5.56 Å². The van der Waals surface area contributed by atoms with Gasteiger partial charge in [-0.05, 0) is 36.5 Å². The van der Waals surface area contributed by atoms with Gasteiger partial charge in [-0.1, -0.05) is 54.5 Å². The number of hydrogen-bond donors (Lipinski definition) is 4. The number of aliphatic hydroxyl groups is 2. The van der Waals surface area contributed by atoms with Crippen LogP contribution in [0, 0.1) is 23.2 Å².